The molecule has 0 aromatic heterocycles. The van der Waals surface area contributed by atoms with E-state index in [2.05, 4.69) is 93.7 Å². The molecule has 0 aromatic carbocycles. The maximum atomic E-state index is 12.7. The first-order valence-corrected chi connectivity index (χ1v) is 24.1. The molecular weight excluding hydrogens is 717 g/mol. The Morgan fingerprint density at radius 3 is 1.36 bits per heavy atom. The van der Waals surface area contributed by atoms with Gasteiger partial charge in [0.1, 0.15) is 6.61 Å². The van der Waals surface area contributed by atoms with Crippen molar-refractivity contribution in [1.82, 2.24) is 0 Å². The van der Waals surface area contributed by atoms with E-state index in [0.717, 1.165) is 70.6 Å². The van der Waals surface area contributed by atoms with Crippen LogP contribution < -0.4 is 0 Å². The van der Waals surface area contributed by atoms with E-state index in [-0.39, 0.29) is 31.6 Å². The molecule has 0 saturated carbocycles. The third kappa shape index (κ3) is 45.8. The maximum Gasteiger partial charge on any atom is 0.309 e. The zero-order chi connectivity index (χ0) is 42.1. The monoisotopic (exact) mass is 807 g/mol. The van der Waals surface area contributed by atoms with Crippen molar-refractivity contribution in [2.75, 3.05) is 19.8 Å². The Morgan fingerprint density at radius 1 is 0.414 bits per heavy atom. The molecule has 0 aliphatic rings. The van der Waals surface area contributed by atoms with Gasteiger partial charge in [0, 0.05) is 13.0 Å². The van der Waals surface area contributed by atoms with Gasteiger partial charge in [-0.05, 0) is 77.0 Å². The Bertz CT molecular complexity index is 1090. The number of unbranched alkanes of at least 4 members (excludes halogenated alkanes) is 19. The number of hydrogen-bond acceptors (Lipinski definition) is 5. The molecule has 0 bridgehead atoms. The summed E-state index contributed by atoms with van der Waals surface area (Å²) in [6, 6.07) is 0. The highest BCUT2D eigenvalue weighted by atomic mass is 16.6. The normalized spacial score (nSPS) is 12.9. The van der Waals surface area contributed by atoms with Gasteiger partial charge in [-0.25, -0.2) is 0 Å². The van der Waals surface area contributed by atoms with Crippen LogP contribution in [0.25, 0.3) is 0 Å². The van der Waals surface area contributed by atoms with Crippen LogP contribution in [0, 0.1) is 0 Å². The molecule has 0 amide bonds. The molecule has 1 unspecified atom stereocenters. The van der Waals surface area contributed by atoms with E-state index in [0.29, 0.717) is 13.0 Å². The first-order valence-electron chi connectivity index (χ1n) is 24.1. The third-order valence-electron chi connectivity index (χ3n) is 9.95. The van der Waals surface area contributed by atoms with E-state index >= 15 is 0 Å². The average molecular weight is 807 g/mol. The average Bonchev–Trinajstić information content (AvgIpc) is 3.22. The van der Waals surface area contributed by atoms with Gasteiger partial charge >= 0.3 is 11.9 Å². The maximum absolute atomic E-state index is 12.7. The predicted octanol–water partition coefficient (Wildman–Crippen LogP) is 16.1. The minimum atomic E-state index is -0.581. The fraction of sp³-hybridized carbons (Fsp3) is 0.698. The van der Waals surface area contributed by atoms with Gasteiger partial charge in [0.15, 0.2) is 6.10 Å². The van der Waals surface area contributed by atoms with Crippen molar-refractivity contribution in [1.29, 1.82) is 0 Å². The number of carbonyl (C=O) groups is 2. The molecule has 332 valence electrons. The van der Waals surface area contributed by atoms with Gasteiger partial charge < -0.3 is 14.2 Å². The van der Waals surface area contributed by atoms with Crippen molar-refractivity contribution < 1.29 is 23.8 Å². The van der Waals surface area contributed by atoms with E-state index in [4.69, 9.17) is 14.2 Å². The van der Waals surface area contributed by atoms with Crippen LogP contribution in [0.4, 0.5) is 0 Å². The van der Waals surface area contributed by atoms with E-state index in [9.17, 15) is 9.59 Å². The molecule has 5 heteroatoms. The van der Waals surface area contributed by atoms with Crippen LogP contribution in [-0.2, 0) is 23.8 Å². The molecule has 5 nitrogen and oxygen atoms in total. The quantitative estimate of drug-likeness (QED) is 0.0349. The molecule has 0 fully saturated rings. The fourth-order valence-electron chi connectivity index (χ4n) is 6.38. The lowest BCUT2D eigenvalue weighted by atomic mass is 10.1. The number of esters is 2. The van der Waals surface area contributed by atoms with E-state index < -0.39 is 6.10 Å². The zero-order valence-electron chi connectivity index (χ0n) is 38.0. The number of carbonyl (C=O) groups excluding carboxylic acids is 2. The minimum absolute atomic E-state index is 0.0250. The molecule has 0 aliphatic carbocycles. The summed E-state index contributed by atoms with van der Waals surface area (Å²) in [5.41, 5.74) is 0. The summed E-state index contributed by atoms with van der Waals surface area (Å²) in [4.78, 5) is 25.2. The van der Waals surface area contributed by atoms with Crippen molar-refractivity contribution in [3.8, 4) is 0 Å². The smallest absolute Gasteiger partial charge is 0.309 e. The molecule has 0 rings (SSSR count). The fourth-order valence-corrected chi connectivity index (χ4v) is 6.38. The number of hydrogen-bond donors (Lipinski definition) is 0. The van der Waals surface area contributed by atoms with Crippen LogP contribution in [0.5, 0.6) is 0 Å². The lowest BCUT2D eigenvalue weighted by molar-refractivity contribution is -0.162. The summed E-state index contributed by atoms with van der Waals surface area (Å²) >= 11 is 0. The second-order valence-corrected chi connectivity index (χ2v) is 15.7. The van der Waals surface area contributed by atoms with Gasteiger partial charge in [-0.2, -0.15) is 0 Å². The molecular formula is C53H90O5. The molecule has 0 aliphatic heterocycles. The Labute approximate surface area is 359 Å². The van der Waals surface area contributed by atoms with Gasteiger partial charge in [0.05, 0.1) is 13.0 Å². The number of rotatable bonds is 43. The topological polar surface area (TPSA) is 61.8 Å². The van der Waals surface area contributed by atoms with Crippen LogP contribution in [0.3, 0.4) is 0 Å². The van der Waals surface area contributed by atoms with Gasteiger partial charge in [0.2, 0.25) is 0 Å². The molecule has 1 atom stereocenters. The molecule has 0 spiro atoms. The van der Waals surface area contributed by atoms with Crippen LogP contribution in [0.2, 0.25) is 0 Å². The summed E-state index contributed by atoms with van der Waals surface area (Å²) in [6.45, 7) is 7.55. The highest BCUT2D eigenvalue weighted by molar-refractivity contribution is 5.71. The molecule has 0 N–H and O–H groups in total. The van der Waals surface area contributed by atoms with Gasteiger partial charge in [-0.3, -0.25) is 9.59 Å². The molecule has 58 heavy (non-hydrogen) atoms. The molecule has 0 radical (unpaired) electrons. The highest BCUT2D eigenvalue weighted by Crippen LogP contribution is 2.13. The Balaban J connectivity index is 4.39. The summed E-state index contributed by atoms with van der Waals surface area (Å²) < 4.78 is 17.2. The Morgan fingerprint density at radius 2 is 0.828 bits per heavy atom. The van der Waals surface area contributed by atoms with Crippen LogP contribution in [0.1, 0.15) is 213 Å². The van der Waals surface area contributed by atoms with Crippen molar-refractivity contribution in [3.05, 3.63) is 85.1 Å². The molecule has 0 saturated heterocycles. The van der Waals surface area contributed by atoms with E-state index in [1.54, 1.807) is 0 Å². The van der Waals surface area contributed by atoms with Crippen LogP contribution in [0.15, 0.2) is 85.1 Å². The van der Waals surface area contributed by atoms with Crippen LogP contribution in [-0.4, -0.2) is 37.9 Å². The second kappa shape index (κ2) is 48.4. The first kappa shape index (κ1) is 55.1. The second-order valence-electron chi connectivity index (χ2n) is 15.7. The summed E-state index contributed by atoms with van der Waals surface area (Å²) in [7, 11) is 0. The van der Waals surface area contributed by atoms with Gasteiger partial charge in [0.25, 0.3) is 0 Å². The largest absolute Gasteiger partial charge is 0.461 e. The van der Waals surface area contributed by atoms with Crippen molar-refractivity contribution >= 4 is 11.9 Å². The van der Waals surface area contributed by atoms with Crippen molar-refractivity contribution in [2.24, 2.45) is 0 Å². The van der Waals surface area contributed by atoms with Crippen molar-refractivity contribution in [2.45, 2.75) is 219 Å². The first-order chi connectivity index (χ1) is 28.6. The van der Waals surface area contributed by atoms with Crippen molar-refractivity contribution in [3.63, 3.8) is 0 Å². The Kier molecular flexibility index (Phi) is 46.0. The predicted molar refractivity (Wildman–Crippen MR) is 251 cm³/mol. The summed E-state index contributed by atoms with van der Waals surface area (Å²) in [6.07, 6.45) is 63.2. The minimum Gasteiger partial charge on any atom is -0.461 e. The van der Waals surface area contributed by atoms with Crippen LogP contribution >= 0.6 is 0 Å². The Hall–Kier alpha value is -2.92. The molecule has 0 heterocycles. The standard InChI is InChI=1S/C53H90O5/c1-4-7-10-13-16-19-22-24-26-28-30-33-36-39-42-45-48-56-49-51(58-53(55)47-44-41-38-35-31-21-18-15-12-9-6-3)50-57-52(54)46-43-40-37-34-32-29-27-25-23-20-17-14-11-8-5-2/h8,11,16-17,19-20,24-27,32,34,40,43,51H,4-7,9-10,12-15,18,21-23,28-31,33,35-39,41-42,44-50H2,1-3H3/b11-8-,19-16-,20-17-,26-24-,27-25-,34-32-,43-40-. The zero-order valence-corrected chi connectivity index (χ0v) is 38.0. The lowest BCUT2D eigenvalue weighted by Gasteiger charge is -2.18. The van der Waals surface area contributed by atoms with Gasteiger partial charge in [-0.15, -0.1) is 0 Å². The summed E-state index contributed by atoms with van der Waals surface area (Å²) in [5, 5.41) is 0. The van der Waals surface area contributed by atoms with Gasteiger partial charge in [-0.1, -0.05) is 209 Å². The van der Waals surface area contributed by atoms with E-state index in [1.807, 2.05) is 12.2 Å². The SMILES string of the molecule is CC/C=C\C/C=C\C/C=C\C/C=C\C/C=C\CC(=O)OCC(COCCCCCCCC/C=C\C/C=C\CCCCC)OC(=O)CCCCCCCCCCCCC. The van der Waals surface area contributed by atoms with E-state index in [1.165, 1.54) is 109 Å². The summed E-state index contributed by atoms with van der Waals surface area (Å²) in [5.74, 6) is -0.551. The number of allylic oxidation sites excluding steroid dienone is 13. The highest BCUT2D eigenvalue weighted by Gasteiger charge is 2.17. The molecule has 0 aromatic rings. The lowest BCUT2D eigenvalue weighted by Crippen LogP contribution is -2.30. The number of ether oxygens (including phenoxy) is 3. The third-order valence-corrected chi connectivity index (χ3v) is 9.95.